The van der Waals surface area contributed by atoms with Gasteiger partial charge in [0.25, 0.3) is 11.8 Å². The van der Waals surface area contributed by atoms with Crippen LogP contribution in [0.1, 0.15) is 24.2 Å². The highest BCUT2D eigenvalue weighted by molar-refractivity contribution is 6.25. The summed E-state index contributed by atoms with van der Waals surface area (Å²) < 4.78 is 9.60. The maximum Gasteiger partial charge on any atom is 0.335 e. The molecule has 1 aromatic rings. The second-order valence-electron chi connectivity index (χ2n) is 4.92. The van der Waals surface area contributed by atoms with Gasteiger partial charge in [-0.15, -0.1) is 0 Å². The number of carboxylic acids is 1. The molecule has 0 saturated carbocycles. The second kappa shape index (κ2) is 6.49. The van der Waals surface area contributed by atoms with E-state index in [-0.39, 0.29) is 11.3 Å². The molecule has 1 heterocycles. The van der Waals surface area contributed by atoms with Crippen LogP contribution in [0.4, 0.5) is 5.69 Å². The summed E-state index contributed by atoms with van der Waals surface area (Å²) in [5.74, 6) is -4.58. The molecule has 2 amide bonds. The van der Waals surface area contributed by atoms with Gasteiger partial charge in [0.1, 0.15) is 0 Å². The van der Waals surface area contributed by atoms with E-state index < -0.39 is 41.9 Å². The predicted octanol–water partition coefficient (Wildman–Crippen LogP) is 0.121. The van der Waals surface area contributed by atoms with E-state index in [1.54, 1.807) is 0 Å². The van der Waals surface area contributed by atoms with Gasteiger partial charge in [-0.05, 0) is 24.3 Å². The van der Waals surface area contributed by atoms with Gasteiger partial charge in [0.15, 0.2) is 0 Å². The minimum atomic E-state index is -1.59. The number of amides is 2. The number of hydrogen-bond donors (Lipinski definition) is 1. The Bertz CT molecular complexity index is 689. The molecule has 1 saturated heterocycles. The summed E-state index contributed by atoms with van der Waals surface area (Å²) >= 11 is 0. The number of anilines is 1. The molecular weight excluding hydrogens is 322 g/mol. The monoisotopic (exact) mass is 335 g/mol. The maximum absolute atomic E-state index is 12.4. The number of benzene rings is 1. The minimum Gasteiger partial charge on any atom is -0.478 e. The number of carboxylic acid groups (broad SMARTS) is 1. The van der Waals surface area contributed by atoms with Gasteiger partial charge in [0.2, 0.25) is 12.2 Å². The third-order valence-electron chi connectivity index (χ3n) is 3.16. The average Bonchev–Trinajstić information content (AvgIpc) is 2.71. The first-order valence-corrected chi connectivity index (χ1v) is 6.78. The SMILES string of the molecule is CC(=O)O[C@@H]1C(=O)N(c2ccc(C(=O)O)cc2)C(=O)[C@@H]1OC(C)=O. The molecule has 2 atom stereocenters. The van der Waals surface area contributed by atoms with Crippen molar-refractivity contribution in [2.24, 2.45) is 0 Å². The van der Waals surface area contributed by atoms with Crippen LogP contribution in [0, 0.1) is 0 Å². The first kappa shape index (κ1) is 17.1. The van der Waals surface area contributed by atoms with Crippen molar-refractivity contribution in [3.8, 4) is 0 Å². The van der Waals surface area contributed by atoms with E-state index in [4.69, 9.17) is 14.6 Å². The molecule has 0 spiro atoms. The highest BCUT2D eigenvalue weighted by Gasteiger charge is 2.52. The Morgan fingerprint density at radius 2 is 1.33 bits per heavy atom. The van der Waals surface area contributed by atoms with Crippen LogP contribution in [0.2, 0.25) is 0 Å². The number of nitrogens with zero attached hydrogens (tertiary/aromatic N) is 1. The fourth-order valence-electron chi connectivity index (χ4n) is 2.21. The number of esters is 2. The highest BCUT2D eigenvalue weighted by Crippen LogP contribution is 2.27. The van der Waals surface area contributed by atoms with Crippen molar-refractivity contribution in [2.75, 3.05) is 4.90 Å². The van der Waals surface area contributed by atoms with Gasteiger partial charge in [-0.3, -0.25) is 19.2 Å². The first-order chi connectivity index (χ1) is 11.2. The second-order valence-corrected chi connectivity index (χ2v) is 4.92. The number of carbonyl (C=O) groups excluding carboxylic acids is 4. The predicted molar refractivity (Wildman–Crippen MR) is 77.0 cm³/mol. The molecule has 9 heteroatoms. The van der Waals surface area contributed by atoms with E-state index in [1.807, 2.05) is 0 Å². The van der Waals surface area contributed by atoms with Crippen LogP contribution >= 0.6 is 0 Å². The smallest absolute Gasteiger partial charge is 0.335 e. The number of imide groups is 1. The van der Waals surface area contributed by atoms with E-state index in [1.165, 1.54) is 24.3 Å². The zero-order valence-corrected chi connectivity index (χ0v) is 12.7. The molecule has 24 heavy (non-hydrogen) atoms. The number of aromatic carboxylic acids is 1. The average molecular weight is 335 g/mol. The molecule has 2 rings (SSSR count). The van der Waals surface area contributed by atoms with Crippen LogP contribution in [0.25, 0.3) is 0 Å². The van der Waals surface area contributed by atoms with Crippen molar-refractivity contribution < 1.29 is 38.6 Å². The maximum atomic E-state index is 12.4. The quantitative estimate of drug-likeness (QED) is 0.607. The van der Waals surface area contributed by atoms with Crippen LogP contribution in [0.3, 0.4) is 0 Å². The lowest BCUT2D eigenvalue weighted by Gasteiger charge is -2.14. The van der Waals surface area contributed by atoms with Crippen molar-refractivity contribution >= 4 is 35.4 Å². The van der Waals surface area contributed by atoms with Crippen LogP contribution in [-0.4, -0.2) is 47.0 Å². The Kier molecular flexibility index (Phi) is 4.63. The van der Waals surface area contributed by atoms with Gasteiger partial charge in [-0.1, -0.05) is 0 Å². The molecule has 0 aliphatic carbocycles. The van der Waals surface area contributed by atoms with Gasteiger partial charge in [-0.2, -0.15) is 0 Å². The summed E-state index contributed by atoms with van der Waals surface area (Å²) in [7, 11) is 0. The Morgan fingerprint density at radius 1 is 0.917 bits per heavy atom. The van der Waals surface area contributed by atoms with Crippen molar-refractivity contribution in [2.45, 2.75) is 26.1 Å². The molecule has 0 unspecified atom stereocenters. The molecule has 1 aromatic carbocycles. The van der Waals surface area contributed by atoms with E-state index in [0.717, 1.165) is 13.8 Å². The minimum absolute atomic E-state index is 0.0362. The topological polar surface area (TPSA) is 127 Å². The van der Waals surface area contributed by atoms with Crippen LogP contribution in [-0.2, 0) is 28.7 Å². The van der Waals surface area contributed by atoms with Crippen molar-refractivity contribution in [1.29, 1.82) is 0 Å². The molecule has 9 nitrogen and oxygen atoms in total. The number of hydrogen-bond acceptors (Lipinski definition) is 7. The summed E-state index contributed by atoms with van der Waals surface area (Å²) in [4.78, 5) is 58.6. The van der Waals surface area contributed by atoms with Gasteiger partial charge in [0, 0.05) is 13.8 Å². The van der Waals surface area contributed by atoms with E-state index in [2.05, 4.69) is 0 Å². The Morgan fingerprint density at radius 3 is 1.67 bits per heavy atom. The lowest BCUT2D eigenvalue weighted by molar-refractivity contribution is -0.167. The molecule has 0 aromatic heterocycles. The van der Waals surface area contributed by atoms with E-state index >= 15 is 0 Å². The summed E-state index contributed by atoms with van der Waals surface area (Å²) in [6.45, 7) is 2.10. The standard InChI is InChI=1S/C15H13NO8/c1-7(17)23-11-12(24-8(2)18)14(20)16(13(11)19)10-5-3-9(4-6-10)15(21)22/h3-6,11-12H,1-2H3,(H,21,22)/t11-,12+. The lowest BCUT2D eigenvalue weighted by Crippen LogP contribution is -2.36. The Hall–Kier alpha value is -3.23. The largest absolute Gasteiger partial charge is 0.478 e. The normalized spacial score (nSPS) is 20.0. The zero-order chi connectivity index (χ0) is 18.0. The number of carbonyl (C=O) groups is 5. The summed E-state index contributed by atoms with van der Waals surface area (Å²) in [5, 5.41) is 8.86. The van der Waals surface area contributed by atoms with Crippen LogP contribution in [0.5, 0.6) is 0 Å². The fraction of sp³-hybridized carbons (Fsp3) is 0.267. The van der Waals surface area contributed by atoms with Gasteiger partial charge >= 0.3 is 17.9 Å². The van der Waals surface area contributed by atoms with E-state index in [9.17, 15) is 24.0 Å². The molecule has 1 N–H and O–H groups in total. The van der Waals surface area contributed by atoms with Crippen molar-refractivity contribution in [3.63, 3.8) is 0 Å². The number of rotatable bonds is 4. The summed E-state index contributed by atoms with van der Waals surface area (Å²) in [5.41, 5.74) is 0.0349. The first-order valence-electron chi connectivity index (χ1n) is 6.78. The summed E-state index contributed by atoms with van der Waals surface area (Å²) in [6.07, 6.45) is -3.17. The van der Waals surface area contributed by atoms with Gasteiger partial charge in [0.05, 0.1) is 11.3 Å². The van der Waals surface area contributed by atoms with Crippen LogP contribution < -0.4 is 4.90 Å². The third kappa shape index (κ3) is 3.24. The molecule has 1 fully saturated rings. The molecule has 1 aliphatic heterocycles. The van der Waals surface area contributed by atoms with Crippen molar-refractivity contribution in [3.05, 3.63) is 29.8 Å². The zero-order valence-electron chi connectivity index (χ0n) is 12.7. The lowest BCUT2D eigenvalue weighted by atomic mass is 10.2. The molecule has 0 radical (unpaired) electrons. The Balaban J connectivity index is 2.37. The summed E-state index contributed by atoms with van der Waals surface area (Å²) in [6, 6.07) is 4.91. The van der Waals surface area contributed by atoms with Crippen LogP contribution in [0.15, 0.2) is 24.3 Å². The molecule has 1 aliphatic rings. The van der Waals surface area contributed by atoms with Gasteiger partial charge < -0.3 is 14.6 Å². The van der Waals surface area contributed by atoms with Crippen molar-refractivity contribution in [1.82, 2.24) is 0 Å². The highest BCUT2D eigenvalue weighted by atomic mass is 16.6. The molecular formula is C15H13NO8. The third-order valence-corrected chi connectivity index (χ3v) is 3.16. The van der Waals surface area contributed by atoms with Gasteiger partial charge in [-0.25, -0.2) is 9.69 Å². The van der Waals surface area contributed by atoms with E-state index in [0.29, 0.717) is 4.90 Å². The fourth-order valence-corrected chi connectivity index (χ4v) is 2.21. The Labute approximate surface area is 135 Å². The molecule has 126 valence electrons. The number of ether oxygens (including phenoxy) is 2. The molecule has 0 bridgehead atoms.